The van der Waals surface area contributed by atoms with Crippen LogP contribution in [-0.4, -0.2) is 39.9 Å². The van der Waals surface area contributed by atoms with E-state index in [1.54, 1.807) is 0 Å². The zero-order chi connectivity index (χ0) is 21.8. The Morgan fingerprint density at radius 2 is 2.00 bits per heavy atom. The SMILES string of the molecule is CCC(=O)Nc1cccc(-c2noc([C@@H]3CCCN(C(=O)c4ccc(C)cc4)C3)n2)c1. The van der Waals surface area contributed by atoms with Crippen molar-refractivity contribution in [3.63, 3.8) is 0 Å². The Kier molecular flexibility index (Phi) is 6.11. The second kappa shape index (κ2) is 9.12. The summed E-state index contributed by atoms with van der Waals surface area (Å²) in [6.07, 6.45) is 2.19. The molecule has 0 radical (unpaired) electrons. The number of rotatable bonds is 5. The highest BCUT2D eigenvalue weighted by Gasteiger charge is 2.29. The van der Waals surface area contributed by atoms with Crippen LogP contribution in [0.15, 0.2) is 53.1 Å². The van der Waals surface area contributed by atoms with Gasteiger partial charge in [-0.1, -0.05) is 41.9 Å². The number of nitrogens with zero attached hydrogens (tertiary/aromatic N) is 3. The Morgan fingerprint density at radius 1 is 1.19 bits per heavy atom. The summed E-state index contributed by atoms with van der Waals surface area (Å²) in [5, 5.41) is 6.98. The van der Waals surface area contributed by atoms with Crippen LogP contribution in [0.5, 0.6) is 0 Å². The van der Waals surface area contributed by atoms with Gasteiger partial charge in [-0.15, -0.1) is 0 Å². The van der Waals surface area contributed by atoms with Crippen molar-refractivity contribution in [2.45, 2.75) is 39.0 Å². The molecule has 0 bridgehead atoms. The molecule has 31 heavy (non-hydrogen) atoms. The number of likely N-dealkylation sites (tertiary alicyclic amines) is 1. The van der Waals surface area contributed by atoms with Crippen molar-refractivity contribution in [1.29, 1.82) is 0 Å². The van der Waals surface area contributed by atoms with E-state index in [-0.39, 0.29) is 17.7 Å². The minimum atomic E-state index is -0.0495. The van der Waals surface area contributed by atoms with E-state index in [0.29, 0.717) is 35.9 Å². The van der Waals surface area contributed by atoms with E-state index < -0.39 is 0 Å². The van der Waals surface area contributed by atoms with Gasteiger partial charge in [0.2, 0.25) is 17.6 Å². The molecule has 1 atom stereocenters. The fourth-order valence-corrected chi connectivity index (χ4v) is 3.75. The molecule has 3 aromatic rings. The summed E-state index contributed by atoms with van der Waals surface area (Å²) in [7, 11) is 0. The molecule has 4 rings (SSSR count). The van der Waals surface area contributed by atoms with E-state index in [2.05, 4.69) is 15.5 Å². The second-order valence-electron chi connectivity index (χ2n) is 7.90. The third kappa shape index (κ3) is 4.82. The first-order valence-corrected chi connectivity index (χ1v) is 10.6. The molecule has 1 aromatic heterocycles. The van der Waals surface area contributed by atoms with Gasteiger partial charge < -0.3 is 14.7 Å². The molecule has 1 fully saturated rings. The average Bonchev–Trinajstić information content (AvgIpc) is 3.30. The second-order valence-corrected chi connectivity index (χ2v) is 7.90. The number of aromatic nitrogens is 2. The monoisotopic (exact) mass is 418 g/mol. The molecule has 2 heterocycles. The molecule has 2 aromatic carbocycles. The van der Waals surface area contributed by atoms with Gasteiger partial charge in [0, 0.05) is 36.3 Å². The fraction of sp³-hybridized carbons (Fsp3) is 0.333. The number of carbonyl (C=O) groups excluding carboxylic acids is 2. The molecule has 1 saturated heterocycles. The molecular weight excluding hydrogens is 392 g/mol. The van der Waals surface area contributed by atoms with Crippen molar-refractivity contribution in [2.75, 3.05) is 18.4 Å². The summed E-state index contributed by atoms with van der Waals surface area (Å²) >= 11 is 0. The molecule has 0 saturated carbocycles. The van der Waals surface area contributed by atoms with Crippen LogP contribution in [0.2, 0.25) is 0 Å². The summed E-state index contributed by atoms with van der Waals surface area (Å²) in [5.74, 6) is 1.01. The average molecular weight is 418 g/mol. The van der Waals surface area contributed by atoms with Gasteiger partial charge in [0.15, 0.2) is 0 Å². The molecule has 7 heteroatoms. The molecular formula is C24H26N4O3. The maximum atomic E-state index is 12.9. The number of hydrogen-bond donors (Lipinski definition) is 1. The largest absolute Gasteiger partial charge is 0.339 e. The number of hydrogen-bond acceptors (Lipinski definition) is 5. The molecule has 0 spiro atoms. The van der Waals surface area contributed by atoms with Crippen LogP contribution < -0.4 is 5.32 Å². The molecule has 0 unspecified atom stereocenters. The van der Waals surface area contributed by atoms with Gasteiger partial charge >= 0.3 is 0 Å². The first-order chi connectivity index (χ1) is 15.0. The molecule has 0 aliphatic carbocycles. The van der Waals surface area contributed by atoms with Gasteiger partial charge in [0.25, 0.3) is 5.91 Å². The van der Waals surface area contributed by atoms with Gasteiger partial charge in [0.05, 0.1) is 5.92 Å². The number of anilines is 1. The lowest BCUT2D eigenvalue weighted by molar-refractivity contribution is -0.115. The van der Waals surface area contributed by atoms with Crippen LogP contribution >= 0.6 is 0 Å². The van der Waals surface area contributed by atoms with Crippen molar-refractivity contribution in [3.8, 4) is 11.4 Å². The molecule has 2 amide bonds. The molecule has 1 aliphatic heterocycles. The van der Waals surface area contributed by atoms with Gasteiger partial charge in [-0.25, -0.2) is 0 Å². The quantitative estimate of drug-likeness (QED) is 0.663. The van der Waals surface area contributed by atoms with E-state index in [9.17, 15) is 9.59 Å². The predicted octanol–water partition coefficient (Wildman–Crippen LogP) is 4.41. The van der Waals surface area contributed by atoms with Gasteiger partial charge in [-0.3, -0.25) is 9.59 Å². The van der Waals surface area contributed by atoms with E-state index in [1.165, 1.54) is 0 Å². The topological polar surface area (TPSA) is 88.3 Å². The summed E-state index contributed by atoms with van der Waals surface area (Å²) in [5.41, 5.74) is 3.30. The van der Waals surface area contributed by atoms with Crippen molar-refractivity contribution < 1.29 is 14.1 Å². The van der Waals surface area contributed by atoms with Crippen molar-refractivity contribution in [2.24, 2.45) is 0 Å². The van der Waals surface area contributed by atoms with Crippen molar-refractivity contribution >= 4 is 17.5 Å². The van der Waals surface area contributed by atoms with E-state index >= 15 is 0 Å². The number of amides is 2. The Balaban J connectivity index is 1.47. The van der Waals surface area contributed by atoms with Crippen molar-refractivity contribution in [1.82, 2.24) is 15.0 Å². The van der Waals surface area contributed by atoms with Crippen LogP contribution in [-0.2, 0) is 4.79 Å². The number of piperidine rings is 1. The molecule has 1 N–H and O–H groups in total. The smallest absolute Gasteiger partial charge is 0.253 e. The molecule has 1 aliphatic rings. The highest BCUT2D eigenvalue weighted by Crippen LogP contribution is 2.29. The highest BCUT2D eigenvalue weighted by molar-refractivity contribution is 5.94. The highest BCUT2D eigenvalue weighted by atomic mass is 16.5. The van der Waals surface area contributed by atoms with Crippen LogP contribution in [0.4, 0.5) is 5.69 Å². The maximum absolute atomic E-state index is 12.9. The Hall–Kier alpha value is -3.48. The van der Waals surface area contributed by atoms with E-state index in [0.717, 1.165) is 30.5 Å². The molecule has 7 nitrogen and oxygen atoms in total. The van der Waals surface area contributed by atoms with Crippen LogP contribution in [0.25, 0.3) is 11.4 Å². The number of aryl methyl sites for hydroxylation is 1. The van der Waals surface area contributed by atoms with Gasteiger partial charge in [-0.05, 0) is 44.0 Å². The minimum absolute atomic E-state index is 0.00683. The maximum Gasteiger partial charge on any atom is 0.253 e. The number of benzene rings is 2. The summed E-state index contributed by atoms with van der Waals surface area (Å²) in [6, 6.07) is 15.0. The number of carbonyl (C=O) groups is 2. The van der Waals surface area contributed by atoms with Crippen LogP contribution in [0.3, 0.4) is 0 Å². The lowest BCUT2D eigenvalue weighted by Crippen LogP contribution is -2.39. The molecule has 160 valence electrons. The first kappa shape index (κ1) is 20.8. The summed E-state index contributed by atoms with van der Waals surface area (Å²) in [4.78, 5) is 31.0. The lowest BCUT2D eigenvalue weighted by atomic mass is 9.97. The Bertz CT molecular complexity index is 1070. The third-order valence-electron chi connectivity index (χ3n) is 5.52. The Labute approximate surface area is 181 Å². The first-order valence-electron chi connectivity index (χ1n) is 10.6. The van der Waals surface area contributed by atoms with E-state index in [1.807, 2.05) is 67.3 Å². The summed E-state index contributed by atoms with van der Waals surface area (Å²) in [6.45, 7) is 5.10. The van der Waals surface area contributed by atoms with Crippen LogP contribution in [0, 0.1) is 6.92 Å². The fourth-order valence-electron chi connectivity index (χ4n) is 3.75. The zero-order valence-electron chi connectivity index (χ0n) is 17.8. The van der Waals surface area contributed by atoms with Crippen LogP contribution in [0.1, 0.15) is 53.9 Å². The minimum Gasteiger partial charge on any atom is -0.339 e. The Morgan fingerprint density at radius 3 is 2.77 bits per heavy atom. The van der Waals surface area contributed by atoms with Gasteiger partial charge in [-0.2, -0.15) is 4.98 Å². The van der Waals surface area contributed by atoms with Gasteiger partial charge in [0.1, 0.15) is 0 Å². The normalized spacial score (nSPS) is 16.2. The predicted molar refractivity (Wildman–Crippen MR) is 118 cm³/mol. The van der Waals surface area contributed by atoms with Crippen molar-refractivity contribution in [3.05, 3.63) is 65.5 Å². The standard InChI is InChI=1S/C24H26N4O3/c1-3-21(29)25-20-8-4-6-18(14-20)22-26-23(31-27-22)19-7-5-13-28(15-19)24(30)17-11-9-16(2)10-12-17/h4,6,8-12,14,19H,3,5,7,13,15H2,1-2H3,(H,25,29)/t19-/m1/s1. The number of nitrogens with one attached hydrogen (secondary N) is 1. The third-order valence-corrected chi connectivity index (χ3v) is 5.52. The zero-order valence-corrected chi connectivity index (χ0v) is 17.8. The van der Waals surface area contributed by atoms with E-state index in [4.69, 9.17) is 4.52 Å². The lowest BCUT2D eigenvalue weighted by Gasteiger charge is -2.31. The summed E-state index contributed by atoms with van der Waals surface area (Å²) < 4.78 is 5.56.